The molecular weight excluding hydrogens is 246 g/mol. The van der Waals surface area contributed by atoms with Crippen molar-refractivity contribution >= 4 is 6.29 Å². The van der Waals surface area contributed by atoms with Gasteiger partial charge in [0.25, 0.3) is 0 Å². The van der Waals surface area contributed by atoms with E-state index in [9.17, 15) is 20.0 Å². The van der Waals surface area contributed by atoms with Gasteiger partial charge in [0.05, 0.1) is 0 Å². The van der Waals surface area contributed by atoms with E-state index in [1.807, 2.05) is 13.2 Å². The van der Waals surface area contributed by atoms with Crippen LogP contribution in [0.5, 0.6) is 0 Å². The topological polar surface area (TPSA) is 80.4 Å². The van der Waals surface area contributed by atoms with Gasteiger partial charge in [-0.15, -0.1) is 0 Å². The second-order valence-corrected chi connectivity index (χ2v) is 5.01. The Morgan fingerprint density at radius 3 is 2.32 bits per heavy atom. The molecule has 0 aliphatic heterocycles. The molecular formula is C14H26NO4. The van der Waals surface area contributed by atoms with E-state index in [1.54, 1.807) is 0 Å². The van der Waals surface area contributed by atoms with Crippen molar-refractivity contribution < 1.29 is 14.8 Å². The van der Waals surface area contributed by atoms with E-state index in [0.717, 1.165) is 44.9 Å². The third-order valence-corrected chi connectivity index (χ3v) is 3.35. The Kier molecular flexibility index (Phi) is 11.5. The van der Waals surface area contributed by atoms with Gasteiger partial charge in [-0.1, -0.05) is 39.0 Å². The van der Waals surface area contributed by atoms with Crippen LogP contribution in [0.15, 0.2) is 0 Å². The molecule has 0 heterocycles. The van der Waals surface area contributed by atoms with Crippen molar-refractivity contribution in [2.24, 2.45) is 0 Å². The van der Waals surface area contributed by atoms with Crippen LogP contribution in [0.3, 0.4) is 0 Å². The summed E-state index contributed by atoms with van der Waals surface area (Å²) in [5.74, 6) is 0. The lowest BCUT2D eigenvalue weighted by Gasteiger charge is -2.15. The summed E-state index contributed by atoms with van der Waals surface area (Å²) in [4.78, 5) is 20.5. The third-order valence-electron chi connectivity index (χ3n) is 3.35. The van der Waals surface area contributed by atoms with Gasteiger partial charge in [-0.25, -0.2) is 0 Å². The molecule has 0 bridgehead atoms. The van der Waals surface area contributed by atoms with Crippen LogP contribution in [-0.4, -0.2) is 28.5 Å². The van der Waals surface area contributed by atoms with Gasteiger partial charge in [0.2, 0.25) is 6.04 Å². The second kappa shape index (κ2) is 12.1. The number of unbranched alkanes of at least 4 members (excludes halogenated alkanes) is 6. The van der Waals surface area contributed by atoms with Crippen molar-refractivity contribution in [1.82, 2.24) is 0 Å². The average molecular weight is 272 g/mol. The lowest BCUT2D eigenvalue weighted by molar-refractivity contribution is -0.535. The molecule has 0 amide bonds. The highest BCUT2D eigenvalue weighted by Gasteiger charge is 2.28. The maximum atomic E-state index is 10.9. The highest BCUT2D eigenvalue weighted by molar-refractivity contribution is 5.50. The summed E-state index contributed by atoms with van der Waals surface area (Å²) in [5.41, 5.74) is 0. The summed E-state index contributed by atoms with van der Waals surface area (Å²) < 4.78 is 0. The second-order valence-electron chi connectivity index (χ2n) is 5.01. The van der Waals surface area contributed by atoms with Crippen molar-refractivity contribution in [3.63, 3.8) is 0 Å². The molecule has 0 saturated carbocycles. The van der Waals surface area contributed by atoms with Gasteiger partial charge in [0.1, 0.15) is 6.10 Å². The highest BCUT2D eigenvalue weighted by Crippen LogP contribution is 2.15. The van der Waals surface area contributed by atoms with Crippen LogP contribution in [0.4, 0.5) is 0 Å². The summed E-state index contributed by atoms with van der Waals surface area (Å²) >= 11 is 0. The first-order valence-corrected chi connectivity index (χ1v) is 7.30. The van der Waals surface area contributed by atoms with E-state index >= 15 is 0 Å². The normalized spacial score (nSPS) is 14.0. The predicted octanol–water partition coefficient (Wildman–Crippen LogP) is 3.02. The fourth-order valence-electron chi connectivity index (χ4n) is 2.12. The predicted molar refractivity (Wildman–Crippen MR) is 74.3 cm³/mol. The van der Waals surface area contributed by atoms with E-state index in [1.165, 1.54) is 0 Å². The first-order valence-electron chi connectivity index (χ1n) is 7.30. The average Bonchev–Trinajstić information content (AvgIpc) is 2.37. The number of nitrogens with zero attached hydrogens (tertiary/aromatic N) is 1. The Hall–Kier alpha value is -0.970. The Labute approximate surface area is 115 Å². The van der Waals surface area contributed by atoms with Gasteiger partial charge in [0.15, 0.2) is 6.29 Å². The zero-order chi connectivity index (χ0) is 14.5. The van der Waals surface area contributed by atoms with Crippen LogP contribution in [-0.2, 0) is 4.79 Å². The maximum Gasteiger partial charge on any atom is 0.238 e. The summed E-state index contributed by atoms with van der Waals surface area (Å²) in [6, 6.07) is -0.815. The molecule has 5 nitrogen and oxygen atoms in total. The summed E-state index contributed by atoms with van der Waals surface area (Å²) in [5, 5.41) is 20.7. The first-order chi connectivity index (χ1) is 9.13. The Morgan fingerprint density at radius 2 is 1.74 bits per heavy atom. The zero-order valence-electron chi connectivity index (χ0n) is 11.8. The molecule has 0 aromatic heterocycles. The zero-order valence-corrected chi connectivity index (χ0v) is 11.8. The van der Waals surface area contributed by atoms with Gasteiger partial charge >= 0.3 is 0 Å². The number of hydrogen-bond donors (Lipinski definition) is 1. The van der Waals surface area contributed by atoms with Gasteiger partial charge in [-0.3, -0.25) is 14.9 Å². The van der Waals surface area contributed by atoms with Crippen LogP contribution in [0.2, 0.25) is 0 Å². The van der Waals surface area contributed by atoms with Crippen molar-refractivity contribution in [1.29, 1.82) is 0 Å². The Balaban J connectivity index is 3.71. The van der Waals surface area contributed by atoms with Crippen LogP contribution < -0.4 is 0 Å². The number of aliphatic hydroxyl groups excluding tert-OH is 1. The largest absolute Gasteiger partial charge is 0.386 e. The maximum absolute atomic E-state index is 10.9. The fourth-order valence-corrected chi connectivity index (χ4v) is 2.12. The third kappa shape index (κ3) is 9.59. The van der Waals surface area contributed by atoms with E-state index in [4.69, 9.17) is 0 Å². The fraction of sp³-hybridized carbons (Fsp3) is 0.929. The first kappa shape index (κ1) is 18.0. The minimum atomic E-state index is -0.829. The number of aliphatic hydroxyl groups is 1. The molecule has 0 spiro atoms. The van der Waals surface area contributed by atoms with Crippen LogP contribution in [0.25, 0.3) is 0 Å². The molecule has 0 fully saturated rings. The van der Waals surface area contributed by atoms with Crippen LogP contribution >= 0.6 is 0 Å². The Morgan fingerprint density at radius 1 is 1.11 bits per heavy atom. The smallest absolute Gasteiger partial charge is 0.238 e. The van der Waals surface area contributed by atoms with Gasteiger partial charge in [-0.05, 0) is 19.3 Å². The van der Waals surface area contributed by atoms with E-state index in [-0.39, 0.29) is 4.92 Å². The van der Waals surface area contributed by atoms with Crippen molar-refractivity contribution in [2.75, 3.05) is 0 Å². The molecule has 0 aliphatic carbocycles. The highest BCUT2D eigenvalue weighted by atomic mass is 16.6. The molecule has 19 heavy (non-hydrogen) atoms. The summed E-state index contributed by atoms with van der Waals surface area (Å²) in [7, 11) is 0. The van der Waals surface area contributed by atoms with Gasteiger partial charge in [0, 0.05) is 17.8 Å². The molecule has 1 N–H and O–H groups in total. The summed E-state index contributed by atoms with van der Waals surface area (Å²) in [6.07, 6.45) is 8.78. The molecule has 0 aliphatic rings. The molecule has 111 valence electrons. The minimum absolute atomic E-state index is 0.347. The molecule has 5 heteroatoms. The van der Waals surface area contributed by atoms with Gasteiger partial charge < -0.3 is 5.11 Å². The lowest BCUT2D eigenvalue weighted by Crippen LogP contribution is -2.33. The van der Waals surface area contributed by atoms with Crippen molar-refractivity contribution in [2.45, 2.75) is 83.3 Å². The minimum Gasteiger partial charge on any atom is -0.386 e. The van der Waals surface area contributed by atoms with Gasteiger partial charge in [-0.2, -0.15) is 0 Å². The molecule has 0 rings (SSSR count). The van der Waals surface area contributed by atoms with Crippen molar-refractivity contribution in [3.8, 4) is 0 Å². The van der Waals surface area contributed by atoms with Crippen molar-refractivity contribution in [3.05, 3.63) is 10.1 Å². The van der Waals surface area contributed by atoms with E-state index < -0.39 is 12.1 Å². The van der Waals surface area contributed by atoms with E-state index in [0.29, 0.717) is 19.3 Å². The Bertz CT molecular complexity index is 246. The molecule has 0 aromatic carbocycles. The number of rotatable bonds is 13. The molecule has 1 radical (unpaired) electrons. The molecule has 0 aromatic rings. The molecule has 2 atom stereocenters. The SMILES string of the molecule is CCCCC(C(O)CCCCCCC[C]=O)[N+](=O)[O-]. The standard InChI is InChI=1S/C14H26NO4/c1-2-3-10-13(15(18)19)14(17)11-8-6-4-5-7-9-12-16/h13-14,17H,2-11H2,1H3. The number of hydrogen-bond acceptors (Lipinski definition) is 4. The quantitative estimate of drug-likeness (QED) is 0.317. The number of carbonyl (C=O) groups excluding carboxylic acids is 1. The monoisotopic (exact) mass is 272 g/mol. The lowest BCUT2D eigenvalue weighted by atomic mass is 9.99. The van der Waals surface area contributed by atoms with Crippen LogP contribution in [0.1, 0.15) is 71.1 Å². The molecule has 0 saturated heterocycles. The number of nitro groups is 1. The van der Waals surface area contributed by atoms with Crippen LogP contribution in [0, 0.1) is 10.1 Å². The molecule has 2 unspecified atom stereocenters. The summed E-state index contributed by atoms with van der Waals surface area (Å²) in [6.45, 7) is 1.99. The van der Waals surface area contributed by atoms with E-state index in [2.05, 4.69) is 0 Å².